The zero-order chi connectivity index (χ0) is 19.7. The summed E-state index contributed by atoms with van der Waals surface area (Å²) in [6, 6.07) is 12.9. The van der Waals surface area contributed by atoms with Gasteiger partial charge < -0.3 is 9.64 Å². The van der Waals surface area contributed by atoms with Crippen molar-refractivity contribution in [2.75, 3.05) is 23.9 Å². The molecule has 0 saturated heterocycles. The molecule has 0 radical (unpaired) electrons. The number of methoxy groups -OCH3 is 1. The van der Waals surface area contributed by atoms with Gasteiger partial charge in [0.15, 0.2) is 5.13 Å². The van der Waals surface area contributed by atoms with E-state index in [0.717, 1.165) is 28.9 Å². The molecule has 7 heteroatoms. The molecule has 0 aliphatic carbocycles. The summed E-state index contributed by atoms with van der Waals surface area (Å²) < 4.78 is 5.11. The molecule has 0 atom stereocenters. The topological polar surface area (TPSA) is 71.5 Å². The van der Waals surface area contributed by atoms with Crippen LogP contribution in [0.25, 0.3) is 11.3 Å². The molecule has 2 amide bonds. The van der Waals surface area contributed by atoms with E-state index in [-0.39, 0.29) is 11.8 Å². The van der Waals surface area contributed by atoms with E-state index < -0.39 is 0 Å². The first-order valence-corrected chi connectivity index (χ1v) is 9.75. The third-order valence-electron chi connectivity index (χ3n) is 4.73. The van der Waals surface area contributed by atoms with Crippen LogP contribution in [0.15, 0.2) is 47.8 Å². The van der Waals surface area contributed by atoms with Gasteiger partial charge in [0.2, 0.25) is 5.91 Å². The van der Waals surface area contributed by atoms with Crippen LogP contribution in [0.3, 0.4) is 0 Å². The Kier molecular flexibility index (Phi) is 4.83. The molecule has 0 fully saturated rings. The molecule has 1 aliphatic rings. The third-order valence-corrected chi connectivity index (χ3v) is 5.49. The summed E-state index contributed by atoms with van der Waals surface area (Å²) in [6.45, 7) is 2.30. The van der Waals surface area contributed by atoms with Gasteiger partial charge in [-0.05, 0) is 48.4 Å². The van der Waals surface area contributed by atoms with Crippen molar-refractivity contribution in [2.45, 2.75) is 13.3 Å². The summed E-state index contributed by atoms with van der Waals surface area (Å²) >= 11 is 1.38. The molecular formula is C21H19N3O3S. The average molecular weight is 393 g/mol. The van der Waals surface area contributed by atoms with Gasteiger partial charge in [-0.1, -0.05) is 6.07 Å². The smallest absolute Gasteiger partial charge is 0.257 e. The largest absolute Gasteiger partial charge is 0.497 e. The van der Waals surface area contributed by atoms with E-state index in [1.807, 2.05) is 17.5 Å². The first kappa shape index (κ1) is 18.2. The maximum atomic E-state index is 12.4. The maximum Gasteiger partial charge on any atom is 0.257 e. The average Bonchev–Trinajstić information content (AvgIpc) is 3.34. The molecule has 0 saturated carbocycles. The van der Waals surface area contributed by atoms with E-state index in [0.29, 0.717) is 23.0 Å². The van der Waals surface area contributed by atoms with Crippen molar-refractivity contribution in [3.8, 4) is 17.0 Å². The molecule has 1 N–H and O–H groups in total. The Morgan fingerprint density at radius 3 is 2.68 bits per heavy atom. The van der Waals surface area contributed by atoms with E-state index in [4.69, 9.17) is 4.74 Å². The second-order valence-corrected chi connectivity index (χ2v) is 7.34. The fraction of sp³-hybridized carbons (Fsp3) is 0.190. The second kappa shape index (κ2) is 7.44. The zero-order valence-corrected chi connectivity index (χ0v) is 16.4. The lowest BCUT2D eigenvalue weighted by Crippen LogP contribution is -2.25. The molecule has 0 spiro atoms. The van der Waals surface area contributed by atoms with Gasteiger partial charge >= 0.3 is 0 Å². The number of hydrogen-bond donors (Lipinski definition) is 1. The Hall–Kier alpha value is -3.19. The molecule has 1 aliphatic heterocycles. The number of nitrogens with zero attached hydrogens (tertiary/aromatic N) is 2. The van der Waals surface area contributed by atoms with Crippen molar-refractivity contribution < 1.29 is 14.3 Å². The number of amides is 2. The zero-order valence-electron chi connectivity index (χ0n) is 15.6. The minimum absolute atomic E-state index is 0.0590. The number of aromatic nitrogens is 1. The van der Waals surface area contributed by atoms with Crippen LogP contribution in [0.1, 0.15) is 22.8 Å². The highest BCUT2D eigenvalue weighted by molar-refractivity contribution is 7.14. The van der Waals surface area contributed by atoms with Crippen molar-refractivity contribution in [1.82, 2.24) is 4.98 Å². The quantitative estimate of drug-likeness (QED) is 0.728. The summed E-state index contributed by atoms with van der Waals surface area (Å²) in [7, 11) is 1.59. The van der Waals surface area contributed by atoms with Crippen LogP contribution in [0.2, 0.25) is 0 Å². The van der Waals surface area contributed by atoms with Gasteiger partial charge in [0.05, 0.1) is 12.8 Å². The lowest BCUT2D eigenvalue weighted by atomic mass is 10.1. The fourth-order valence-corrected chi connectivity index (χ4v) is 3.98. The number of carbonyl (C=O) groups is 2. The number of ether oxygens (including phenoxy) is 1. The normalized spacial score (nSPS) is 12.6. The van der Waals surface area contributed by atoms with Gasteiger partial charge in [-0.3, -0.25) is 14.9 Å². The molecule has 142 valence electrons. The SMILES string of the molecule is COc1ccc(C(=O)Nc2nc(-c3ccc4c(c3)CCN4C(C)=O)cs2)cc1. The van der Waals surface area contributed by atoms with Crippen LogP contribution in [-0.4, -0.2) is 30.5 Å². The van der Waals surface area contributed by atoms with Crippen LogP contribution in [0.5, 0.6) is 5.75 Å². The van der Waals surface area contributed by atoms with Crippen molar-refractivity contribution in [1.29, 1.82) is 0 Å². The maximum absolute atomic E-state index is 12.4. The van der Waals surface area contributed by atoms with Gasteiger partial charge in [0.25, 0.3) is 5.91 Å². The highest BCUT2D eigenvalue weighted by Crippen LogP contribution is 2.33. The van der Waals surface area contributed by atoms with Gasteiger partial charge in [-0.2, -0.15) is 0 Å². The Labute approximate surface area is 166 Å². The number of carbonyl (C=O) groups excluding carboxylic acids is 2. The second-order valence-electron chi connectivity index (χ2n) is 6.48. The number of hydrogen-bond acceptors (Lipinski definition) is 5. The molecule has 0 unspecified atom stereocenters. The van der Waals surface area contributed by atoms with Crippen LogP contribution < -0.4 is 15.0 Å². The van der Waals surface area contributed by atoms with Crippen molar-refractivity contribution in [3.05, 3.63) is 59.0 Å². The summed E-state index contributed by atoms with van der Waals surface area (Å²) in [5, 5.41) is 5.30. The minimum atomic E-state index is -0.213. The first-order chi connectivity index (χ1) is 13.5. The lowest BCUT2D eigenvalue weighted by Gasteiger charge is -2.14. The minimum Gasteiger partial charge on any atom is -0.497 e. The predicted octanol–water partition coefficient (Wildman–Crippen LogP) is 3.98. The number of anilines is 2. The van der Waals surface area contributed by atoms with E-state index in [2.05, 4.69) is 16.4 Å². The van der Waals surface area contributed by atoms with Crippen molar-refractivity contribution in [2.24, 2.45) is 0 Å². The molecule has 2 heterocycles. The highest BCUT2D eigenvalue weighted by Gasteiger charge is 2.22. The Morgan fingerprint density at radius 2 is 1.96 bits per heavy atom. The first-order valence-electron chi connectivity index (χ1n) is 8.87. The van der Waals surface area contributed by atoms with E-state index in [9.17, 15) is 9.59 Å². The van der Waals surface area contributed by atoms with Gasteiger partial charge in [-0.15, -0.1) is 11.3 Å². The molecular weight excluding hydrogens is 374 g/mol. The third kappa shape index (κ3) is 3.48. The molecule has 4 rings (SSSR count). The van der Waals surface area contributed by atoms with Crippen molar-refractivity contribution in [3.63, 3.8) is 0 Å². The monoisotopic (exact) mass is 393 g/mol. The van der Waals surface area contributed by atoms with Gasteiger partial charge in [0, 0.05) is 35.7 Å². The van der Waals surface area contributed by atoms with Crippen LogP contribution >= 0.6 is 11.3 Å². The van der Waals surface area contributed by atoms with Crippen LogP contribution in [0.4, 0.5) is 10.8 Å². The molecule has 2 aromatic carbocycles. The lowest BCUT2D eigenvalue weighted by molar-refractivity contribution is -0.116. The molecule has 6 nitrogen and oxygen atoms in total. The number of nitrogens with one attached hydrogen (secondary N) is 1. The summed E-state index contributed by atoms with van der Waals surface area (Å²) in [4.78, 5) is 30.4. The van der Waals surface area contributed by atoms with Crippen molar-refractivity contribution >= 4 is 34.0 Å². The Morgan fingerprint density at radius 1 is 1.18 bits per heavy atom. The number of thiazole rings is 1. The summed E-state index contributed by atoms with van der Waals surface area (Å²) in [5.74, 6) is 0.548. The van der Waals surface area contributed by atoms with E-state index in [1.165, 1.54) is 11.3 Å². The van der Waals surface area contributed by atoms with E-state index >= 15 is 0 Å². The summed E-state index contributed by atoms with van der Waals surface area (Å²) in [5.41, 5.74) is 4.44. The Balaban J connectivity index is 1.50. The number of fused-ring (bicyclic) bond motifs is 1. The molecule has 0 bridgehead atoms. The fourth-order valence-electron chi connectivity index (χ4n) is 3.26. The standard InChI is InChI=1S/C21H19N3O3S/c1-13(25)24-10-9-16-11-15(5-8-19(16)24)18-12-28-21(22-18)23-20(26)14-3-6-17(27-2)7-4-14/h3-8,11-12H,9-10H2,1-2H3,(H,22,23,26). The molecule has 28 heavy (non-hydrogen) atoms. The molecule has 1 aromatic heterocycles. The number of benzene rings is 2. The van der Waals surface area contributed by atoms with Gasteiger partial charge in [0.1, 0.15) is 5.75 Å². The van der Waals surface area contributed by atoms with Crippen LogP contribution in [0, 0.1) is 0 Å². The van der Waals surface area contributed by atoms with Crippen LogP contribution in [-0.2, 0) is 11.2 Å². The molecule has 3 aromatic rings. The summed E-state index contributed by atoms with van der Waals surface area (Å²) in [6.07, 6.45) is 0.841. The highest BCUT2D eigenvalue weighted by atomic mass is 32.1. The number of rotatable bonds is 4. The predicted molar refractivity (Wildman–Crippen MR) is 110 cm³/mol. The van der Waals surface area contributed by atoms with E-state index in [1.54, 1.807) is 43.2 Å². The Bertz CT molecular complexity index is 1040. The van der Waals surface area contributed by atoms with Gasteiger partial charge in [-0.25, -0.2) is 4.98 Å².